The fourth-order valence-corrected chi connectivity index (χ4v) is 2.27. The normalized spacial score (nSPS) is 11.2. The molecule has 1 N–H and O–H groups in total. The number of ether oxygens (including phenoxy) is 2. The van der Waals surface area contributed by atoms with Crippen LogP contribution in [0.25, 0.3) is 5.65 Å². The zero-order chi connectivity index (χ0) is 14.7. The summed E-state index contributed by atoms with van der Waals surface area (Å²) in [4.78, 5) is 16.7. The number of fused-ring (bicyclic) bond motifs is 1. The molecule has 0 radical (unpaired) electrons. The predicted octanol–water partition coefficient (Wildman–Crippen LogP) is 1.75. The number of carbonyl (C=O) groups excluding carboxylic acids is 1. The highest BCUT2D eigenvalue weighted by Crippen LogP contribution is 2.16. The molecule has 0 aliphatic heterocycles. The summed E-state index contributed by atoms with van der Waals surface area (Å²) in [5.41, 5.74) is 1.91. The Morgan fingerprint density at radius 1 is 1.45 bits per heavy atom. The number of hydrogen-bond acceptors (Lipinski definition) is 4. The van der Waals surface area contributed by atoms with Crippen molar-refractivity contribution < 1.29 is 14.3 Å². The second-order valence-electron chi connectivity index (χ2n) is 4.23. The Morgan fingerprint density at radius 2 is 2.15 bits per heavy atom. The molecule has 0 saturated heterocycles. The molecular weight excluding hydrogens is 326 g/mol. The lowest BCUT2D eigenvalue weighted by molar-refractivity contribution is -0.0974. The maximum Gasteiger partial charge on any atom is 0.270 e. The van der Waals surface area contributed by atoms with Crippen molar-refractivity contribution >= 4 is 27.5 Å². The van der Waals surface area contributed by atoms with Gasteiger partial charge in [-0.05, 0) is 35.0 Å². The molecule has 7 heteroatoms. The number of methoxy groups -OCH3 is 2. The third-order valence-corrected chi connectivity index (χ3v) is 3.40. The number of aryl methyl sites for hydroxylation is 1. The van der Waals surface area contributed by atoms with Gasteiger partial charge in [0.05, 0.1) is 12.2 Å². The largest absolute Gasteiger partial charge is 0.354 e. The Bertz CT molecular complexity index is 623. The summed E-state index contributed by atoms with van der Waals surface area (Å²) in [7, 11) is 3.05. The number of aromatic nitrogens is 2. The number of amides is 1. The van der Waals surface area contributed by atoms with Gasteiger partial charge in [-0.15, -0.1) is 0 Å². The molecule has 20 heavy (non-hydrogen) atoms. The molecule has 2 heterocycles. The van der Waals surface area contributed by atoms with Gasteiger partial charge in [-0.1, -0.05) is 0 Å². The van der Waals surface area contributed by atoms with E-state index in [1.54, 1.807) is 11.3 Å². The van der Waals surface area contributed by atoms with Crippen molar-refractivity contribution in [3.05, 3.63) is 34.2 Å². The Labute approximate surface area is 125 Å². The predicted molar refractivity (Wildman–Crippen MR) is 77.8 cm³/mol. The van der Waals surface area contributed by atoms with Crippen LogP contribution in [0.4, 0.5) is 0 Å². The molecule has 0 fully saturated rings. The molecule has 6 nitrogen and oxygen atoms in total. The van der Waals surface area contributed by atoms with E-state index in [4.69, 9.17) is 9.47 Å². The first-order chi connectivity index (χ1) is 9.56. The van der Waals surface area contributed by atoms with Crippen LogP contribution in [-0.2, 0) is 9.47 Å². The van der Waals surface area contributed by atoms with Gasteiger partial charge in [-0.2, -0.15) is 0 Å². The molecule has 0 spiro atoms. The average Bonchev–Trinajstić information content (AvgIpc) is 2.75. The maximum absolute atomic E-state index is 12.3. The summed E-state index contributed by atoms with van der Waals surface area (Å²) >= 11 is 3.39. The molecule has 108 valence electrons. The van der Waals surface area contributed by atoms with E-state index in [9.17, 15) is 4.79 Å². The van der Waals surface area contributed by atoms with E-state index in [1.165, 1.54) is 14.2 Å². The molecule has 0 saturated carbocycles. The van der Waals surface area contributed by atoms with Gasteiger partial charge in [0.1, 0.15) is 11.3 Å². The molecule has 0 bridgehead atoms. The van der Waals surface area contributed by atoms with Crippen LogP contribution < -0.4 is 5.32 Å². The lowest BCUT2D eigenvalue weighted by atomic mass is 10.3. The average molecular weight is 342 g/mol. The van der Waals surface area contributed by atoms with Crippen LogP contribution in [0, 0.1) is 6.92 Å². The second-order valence-corrected chi connectivity index (χ2v) is 5.15. The van der Waals surface area contributed by atoms with Crippen LogP contribution in [0.1, 0.15) is 16.2 Å². The first-order valence-corrected chi connectivity index (χ1v) is 6.84. The van der Waals surface area contributed by atoms with Gasteiger partial charge in [0, 0.05) is 24.9 Å². The number of nitrogens with one attached hydrogen (secondary N) is 1. The highest BCUT2D eigenvalue weighted by molar-refractivity contribution is 9.10. The summed E-state index contributed by atoms with van der Waals surface area (Å²) in [6, 6.07) is 3.73. The minimum absolute atomic E-state index is 0.216. The standard InChI is InChI=1S/C13H16BrN3O3/c1-8-12(13(18)15-6-11(19-2)20-3)17-7-9(14)4-5-10(17)16-8/h4-5,7,11H,6H2,1-3H3,(H,15,18). The lowest BCUT2D eigenvalue weighted by Gasteiger charge is -2.14. The Balaban J connectivity index is 2.25. The maximum atomic E-state index is 12.3. The van der Waals surface area contributed by atoms with Gasteiger partial charge in [-0.25, -0.2) is 4.98 Å². The van der Waals surface area contributed by atoms with E-state index in [2.05, 4.69) is 26.2 Å². The van der Waals surface area contributed by atoms with Gasteiger partial charge < -0.3 is 14.8 Å². The number of pyridine rings is 1. The molecule has 1 amide bonds. The SMILES string of the molecule is COC(CNC(=O)c1c(C)nc2ccc(Br)cn12)OC. The molecule has 2 rings (SSSR count). The van der Waals surface area contributed by atoms with E-state index in [1.807, 2.05) is 18.3 Å². The Hall–Kier alpha value is -1.44. The van der Waals surface area contributed by atoms with Crippen LogP contribution in [0.3, 0.4) is 0 Å². The van der Waals surface area contributed by atoms with Gasteiger partial charge >= 0.3 is 0 Å². The highest BCUT2D eigenvalue weighted by atomic mass is 79.9. The molecule has 0 aliphatic carbocycles. The number of carbonyl (C=O) groups is 1. The number of hydrogen-bond donors (Lipinski definition) is 1. The van der Waals surface area contributed by atoms with Crippen LogP contribution in [0.2, 0.25) is 0 Å². The third-order valence-electron chi connectivity index (χ3n) is 2.93. The van der Waals surface area contributed by atoms with Gasteiger partial charge in [0.25, 0.3) is 5.91 Å². The van der Waals surface area contributed by atoms with E-state index >= 15 is 0 Å². The van der Waals surface area contributed by atoms with Crippen LogP contribution in [-0.4, -0.2) is 42.3 Å². The van der Waals surface area contributed by atoms with Crippen molar-refractivity contribution in [2.45, 2.75) is 13.2 Å². The van der Waals surface area contributed by atoms with Crippen molar-refractivity contribution in [1.82, 2.24) is 14.7 Å². The molecule has 0 unspecified atom stereocenters. The number of imidazole rings is 1. The van der Waals surface area contributed by atoms with Crippen molar-refractivity contribution in [1.29, 1.82) is 0 Å². The van der Waals surface area contributed by atoms with Crippen molar-refractivity contribution in [2.24, 2.45) is 0 Å². The first-order valence-electron chi connectivity index (χ1n) is 6.04. The van der Waals surface area contributed by atoms with Crippen LogP contribution >= 0.6 is 15.9 Å². The Morgan fingerprint density at radius 3 is 2.80 bits per heavy atom. The number of rotatable bonds is 5. The minimum Gasteiger partial charge on any atom is -0.354 e. The zero-order valence-corrected chi connectivity index (χ0v) is 13.1. The fourth-order valence-electron chi connectivity index (χ4n) is 1.93. The molecule has 0 aliphatic rings. The molecule has 0 atom stereocenters. The van der Waals surface area contributed by atoms with Gasteiger partial charge in [0.15, 0.2) is 6.29 Å². The van der Waals surface area contributed by atoms with E-state index in [-0.39, 0.29) is 12.5 Å². The summed E-state index contributed by atoms with van der Waals surface area (Å²) in [6.07, 6.45) is 1.35. The smallest absolute Gasteiger partial charge is 0.270 e. The summed E-state index contributed by atoms with van der Waals surface area (Å²) in [5.74, 6) is -0.216. The monoisotopic (exact) mass is 341 g/mol. The van der Waals surface area contributed by atoms with Gasteiger partial charge in [-0.3, -0.25) is 9.20 Å². The topological polar surface area (TPSA) is 64.9 Å². The number of halogens is 1. The first kappa shape index (κ1) is 15.0. The summed E-state index contributed by atoms with van der Waals surface area (Å²) in [5, 5.41) is 2.77. The van der Waals surface area contributed by atoms with Crippen molar-refractivity contribution in [3.63, 3.8) is 0 Å². The van der Waals surface area contributed by atoms with Crippen molar-refractivity contribution in [2.75, 3.05) is 20.8 Å². The van der Waals surface area contributed by atoms with Gasteiger partial charge in [0.2, 0.25) is 0 Å². The molecule has 0 aromatic carbocycles. The molecular formula is C13H16BrN3O3. The van der Waals surface area contributed by atoms with Crippen LogP contribution in [0.15, 0.2) is 22.8 Å². The Kier molecular flexibility index (Phi) is 4.74. The fraction of sp³-hybridized carbons (Fsp3) is 0.385. The minimum atomic E-state index is -0.467. The quantitative estimate of drug-likeness (QED) is 0.841. The van der Waals surface area contributed by atoms with Crippen molar-refractivity contribution in [3.8, 4) is 0 Å². The van der Waals surface area contributed by atoms with E-state index < -0.39 is 6.29 Å². The molecule has 2 aromatic heterocycles. The van der Waals surface area contributed by atoms with E-state index in [0.717, 1.165) is 10.1 Å². The third kappa shape index (κ3) is 3.00. The molecule has 2 aromatic rings. The van der Waals surface area contributed by atoms with E-state index in [0.29, 0.717) is 11.4 Å². The highest BCUT2D eigenvalue weighted by Gasteiger charge is 2.17. The summed E-state index contributed by atoms with van der Waals surface area (Å²) < 4.78 is 12.7. The summed E-state index contributed by atoms with van der Waals surface area (Å²) in [6.45, 7) is 2.08. The van der Waals surface area contributed by atoms with Crippen LogP contribution in [0.5, 0.6) is 0 Å². The number of nitrogens with zero attached hydrogens (tertiary/aromatic N) is 2. The lowest BCUT2D eigenvalue weighted by Crippen LogP contribution is -2.35. The second kappa shape index (κ2) is 6.34. The zero-order valence-electron chi connectivity index (χ0n) is 11.5.